The van der Waals surface area contributed by atoms with Gasteiger partial charge in [0.1, 0.15) is 11.5 Å². The minimum absolute atomic E-state index is 0.0780. The van der Waals surface area contributed by atoms with Crippen molar-refractivity contribution in [2.24, 2.45) is 0 Å². The van der Waals surface area contributed by atoms with Crippen molar-refractivity contribution in [1.29, 1.82) is 5.26 Å². The topological polar surface area (TPSA) is 44.1 Å². The van der Waals surface area contributed by atoms with E-state index < -0.39 is 11.5 Å². The number of nitrogens with zero attached hydrogens (tertiary/aromatic N) is 2. The Bertz CT molecular complexity index is 1120. The Morgan fingerprint density at radius 1 is 1.00 bits per heavy atom. The molecule has 0 N–H and O–H groups in total. The third kappa shape index (κ3) is 1.65. The summed E-state index contributed by atoms with van der Waals surface area (Å²) in [7, 11) is 0. The highest BCUT2D eigenvalue weighted by Crippen LogP contribution is 2.60. The second-order valence-corrected chi connectivity index (χ2v) is 7.02. The Labute approximate surface area is 156 Å². The van der Waals surface area contributed by atoms with Gasteiger partial charge in [-0.3, -0.25) is 9.69 Å². The molecule has 2 aliphatic heterocycles. The van der Waals surface area contributed by atoms with Gasteiger partial charge in [-0.2, -0.15) is 5.26 Å². The molecule has 0 aromatic heterocycles. The summed E-state index contributed by atoms with van der Waals surface area (Å²) in [5.74, 6) is -0.587. The molecule has 26 heavy (non-hydrogen) atoms. The molecule has 3 nitrogen and oxygen atoms in total. The van der Waals surface area contributed by atoms with E-state index in [0.717, 1.165) is 22.4 Å². The Morgan fingerprint density at radius 3 is 2.58 bits per heavy atom. The Balaban J connectivity index is 1.94. The number of amides is 1. The molecule has 5 rings (SSSR count). The van der Waals surface area contributed by atoms with Crippen molar-refractivity contribution in [3.63, 3.8) is 0 Å². The van der Waals surface area contributed by atoms with Gasteiger partial charge < -0.3 is 0 Å². The number of anilines is 1. The first-order valence-corrected chi connectivity index (χ1v) is 8.76. The van der Waals surface area contributed by atoms with E-state index in [0.29, 0.717) is 10.6 Å². The Hall–Kier alpha value is -3.09. The van der Waals surface area contributed by atoms with Crippen LogP contribution >= 0.6 is 11.6 Å². The highest BCUT2D eigenvalue weighted by molar-refractivity contribution is 6.30. The summed E-state index contributed by atoms with van der Waals surface area (Å²) in [5.41, 5.74) is 3.12. The van der Waals surface area contributed by atoms with Gasteiger partial charge in [0.25, 0.3) is 5.91 Å². The first-order chi connectivity index (χ1) is 12.7. The van der Waals surface area contributed by atoms with Gasteiger partial charge in [-0.05, 0) is 41.0 Å². The number of para-hydroxylation sites is 1. The number of fused-ring (bicyclic) bond motifs is 5. The molecular formula is C22H13ClN2O. The van der Waals surface area contributed by atoms with Crippen LogP contribution in [0.1, 0.15) is 33.0 Å². The van der Waals surface area contributed by atoms with E-state index in [1.807, 2.05) is 66.7 Å². The standard InChI is InChI=1S/C22H13ClN2O/c23-15-7-5-6-14(12-15)22-18-10-3-1-9-17(18)21(26)25(22)20-11-4-2-8-16(20)19(22)13-24/h1-12,19H/t19-,22-/m0/s1. The highest BCUT2D eigenvalue weighted by Gasteiger charge is 2.61. The smallest absolute Gasteiger partial charge is 0.259 e. The van der Waals surface area contributed by atoms with Crippen LogP contribution in [-0.4, -0.2) is 5.91 Å². The maximum Gasteiger partial charge on any atom is 0.259 e. The second kappa shape index (κ2) is 5.20. The van der Waals surface area contributed by atoms with Gasteiger partial charge in [0.15, 0.2) is 0 Å². The van der Waals surface area contributed by atoms with Gasteiger partial charge in [0.2, 0.25) is 0 Å². The van der Waals surface area contributed by atoms with Crippen LogP contribution in [0, 0.1) is 11.3 Å². The molecular weight excluding hydrogens is 344 g/mol. The van der Waals surface area contributed by atoms with Crippen LogP contribution in [0.15, 0.2) is 72.8 Å². The van der Waals surface area contributed by atoms with E-state index in [2.05, 4.69) is 6.07 Å². The van der Waals surface area contributed by atoms with Gasteiger partial charge in [0.05, 0.1) is 11.8 Å². The Kier molecular flexibility index (Phi) is 3.04. The highest BCUT2D eigenvalue weighted by atomic mass is 35.5. The average Bonchev–Trinajstić information content (AvgIpc) is 3.11. The van der Waals surface area contributed by atoms with Gasteiger partial charge in [0, 0.05) is 10.6 Å². The fourth-order valence-electron chi connectivity index (χ4n) is 4.49. The van der Waals surface area contributed by atoms with Gasteiger partial charge >= 0.3 is 0 Å². The number of halogens is 1. The van der Waals surface area contributed by atoms with Crippen molar-refractivity contribution in [2.75, 3.05) is 4.90 Å². The van der Waals surface area contributed by atoms with Crippen molar-refractivity contribution in [2.45, 2.75) is 11.5 Å². The summed E-state index contributed by atoms with van der Waals surface area (Å²) < 4.78 is 0. The molecule has 0 spiro atoms. The van der Waals surface area contributed by atoms with Crippen LogP contribution in [0.2, 0.25) is 5.02 Å². The van der Waals surface area contributed by atoms with Crippen molar-refractivity contribution < 1.29 is 4.79 Å². The van der Waals surface area contributed by atoms with Crippen molar-refractivity contribution in [1.82, 2.24) is 0 Å². The zero-order valence-corrected chi connectivity index (χ0v) is 14.4. The minimum atomic E-state index is -0.892. The molecule has 0 unspecified atom stereocenters. The third-order valence-electron chi connectivity index (χ3n) is 5.42. The number of hydrogen-bond donors (Lipinski definition) is 0. The van der Waals surface area contributed by atoms with Crippen molar-refractivity contribution in [3.05, 3.63) is 100 Å². The number of benzene rings is 3. The van der Waals surface area contributed by atoms with E-state index >= 15 is 0 Å². The first kappa shape index (κ1) is 15.2. The maximum atomic E-state index is 13.3. The summed E-state index contributed by atoms with van der Waals surface area (Å²) in [4.78, 5) is 15.1. The molecule has 0 saturated heterocycles. The number of rotatable bonds is 1. The van der Waals surface area contributed by atoms with E-state index in [9.17, 15) is 10.1 Å². The quantitative estimate of drug-likeness (QED) is 0.624. The fourth-order valence-corrected chi connectivity index (χ4v) is 4.68. The van der Waals surface area contributed by atoms with Gasteiger partial charge in [-0.25, -0.2) is 0 Å². The van der Waals surface area contributed by atoms with E-state index in [-0.39, 0.29) is 5.91 Å². The fraction of sp³-hybridized carbons (Fsp3) is 0.0909. The average molecular weight is 357 g/mol. The number of carbonyl (C=O) groups is 1. The summed E-state index contributed by atoms with van der Waals surface area (Å²) >= 11 is 6.29. The Morgan fingerprint density at radius 2 is 1.77 bits per heavy atom. The number of carbonyl (C=O) groups excluding carboxylic acids is 1. The molecule has 2 heterocycles. The predicted molar refractivity (Wildman–Crippen MR) is 100 cm³/mol. The second-order valence-electron chi connectivity index (χ2n) is 6.58. The lowest BCUT2D eigenvalue weighted by atomic mass is 9.73. The van der Waals surface area contributed by atoms with Crippen LogP contribution in [0.3, 0.4) is 0 Å². The molecule has 4 heteroatoms. The van der Waals surface area contributed by atoms with Gasteiger partial charge in [-0.15, -0.1) is 0 Å². The van der Waals surface area contributed by atoms with E-state index in [4.69, 9.17) is 11.6 Å². The third-order valence-corrected chi connectivity index (χ3v) is 5.66. The first-order valence-electron chi connectivity index (χ1n) is 8.38. The van der Waals surface area contributed by atoms with Gasteiger partial charge in [-0.1, -0.05) is 60.1 Å². The monoisotopic (exact) mass is 356 g/mol. The molecule has 2 aliphatic rings. The molecule has 124 valence electrons. The minimum Gasteiger partial charge on any atom is -0.292 e. The van der Waals surface area contributed by atoms with Crippen LogP contribution in [0.5, 0.6) is 0 Å². The zero-order valence-electron chi connectivity index (χ0n) is 13.7. The van der Waals surface area contributed by atoms with Crippen LogP contribution in [0.4, 0.5) is 5.69 Å². The summed E-state index contributed by atoms with van der Waals surface area (Å²) in [6.07, 6.45) is 0. The van der Waals surface area contributed by atoms with E-state index in [1.54, 1.807) is 11.0 Å². The van der Waals surface area contributed by atoms with Crippen molar-refractivity contribution >= 4 is 23.2 Å². The molecule has 3 aromatic rings. The lowest BCUT2D eigenvalue weighted by Crippen LogP contribution is -2.44. The summed E-state index contributed by atoms with van der Waals surface area (Å²) in [6, 6.07) is 25.2. The SMILES string of the molecule is N#C[C@H]1c2ccccc2N2C(=O)c3ccccc3[C@@]12c1cccc(Cl)c1. The van der Waals surface area contributed by atoms with E-state index in [1.165, 1.54) is 0 Å². The number of nitriles is 1. The summed E-state index contributed by atoms with van der Waals surface area (Å²) in [6.45, 7) is 0. The normalized spacial score (nSPS) is 22.5. The van der Waals surface area contributed by atoms with Crippen molar-refractivity contribution in [3.8, 4) is 6.07 Å². The maximum absolute atomic E-state index is 13.3. The molecule has 0 saturated carbocycles. The lowest BCUT2D eigenvalue weighted by Gasteiger charge is -2.36. The molecule has 0 radical (unpaired) electrons. The summed E-state index contributed by atoms with van der Waals surface area (Å²) in [5, 5.41) is 10.7. The molecule has 1 amide bonds. The zero-order chi connectivity index (χ0) is 17.9. The molecule has 0 fully saturated rings. The van der Waals surface area contributed by atoms with Crippen LogP contribution in [0.25, 0.3) is 0 Å². The van der Waals surface area contributed by atoms with Crippen LogP contribution < -0.4 is 4.90 Å². The van der Waals surface area contributed by atoms with Crippen LogP contribution in [-0.2, 0) is 5.54 Å². The molecule has 3 aromatic carbocycles. The largest absolute Gasteiger partial charge is 0.292 e. The number of hydrogen-bond acceptors (Lipinski definition) is 2. The predicted octanol–water partition coefficient (Wildman–Crippen LogP) is 4.86. The molecule has 0 aliphatic carbocycles. The lowest BCUT2D eigenvalue weighted by molar-refractivity contribution is 0.0984. The molecule has 0 bridgehead atoms. The molecule has 2 atom stereocenters.